The van der Waals surface area contributed by atoms with Crippen molar-refractivity contribution in [1.29, 1.82) is 0 Å². The molecule has 3 aliphatic rings. The van der Waals surface area contributed by atoms with Crippen LogP contribution < -0.4 is 10.6 Å². The lowest BCUT2D eigenvalue weighted by Gasteiger charge is -2.53. The van der Waals surface area contributed by atoms with Crippen LogP contribution in [0.2, 0.25) is 0 Å². The Bertz CT molecular complexity index is 753. The molecular formula is C21H30N4O3. The lowest BCUT2D eigenvalue weighted by atomic mass is 9.59. The number of carbonyl (C=O) groups excluding carboxylic acids is 2. The van der Waals surface area contributed by atoms with E-state index in [-0.39, 0.29) is 40.6 Å². The van der Waals surface area contributed by atoms with E-state index in [4.69, 9.17) is 4.74 Å². The van der Waals surface area contributed by atoms with Crippen molar-refractivity contribution in [2.24, 2.45) is 22.7 Å². The zero-order valence-electron chi connectivity index (χ0n) is 16.9. The third-order valence-corrected chi connectivity index (χ3v) is 7.45. The maximum absolute atomic E-state index is 12.2. The highest BCUT2D eigenvalue weighted by molar-refractivity contribution is 5.90. The average Bonchev–Trinajstić information content (AvgIpc) is 3.16. The number of amides is 2. The molecule has 1 aromatic rings. The van der Waals surface area contributed by atoms with E-state index in [0.29, 0.717) is 18.4 Å². The summed E-state index contributed by atoms with van der Waals surface area (Å²) in [6.45, 7) is 7.47. The number of aromatic nitrogens is 2. The number of fused-ring (bicyclic) bond motifs is 1. The molecule has 0 unspecified atom stereocenters. The van der Waals surface area contributed by atoms with Gasteiger partial charge in [0.2, 0.25) is 11.7 Å². The smallest absolute Gasteiger partial charge is 0.289 e. The van der Waals surface area contributed by atoms with Gasteiger partial charge in [-0.15, -0.1) is 0 Å². The summed E-state index contributed by atoms with van der Waals surface area (Å²) < 4.78 is 6.15. The number of nitrogens with zero attached hydrogens (tertiary/aromatic N) is 2. The number of hydrogen-bond acceptors (Lipinski definition) is 5. The summed E-state index contributed by atoms with van der Waals surface area (Å²) in [7, 11) is 0. The standard InChI is InChI=1S/C21H30N4O3/c1-13(26)25-19-20(2,3)14-11-15-16(28-10-6-21(15,19)12-14)5-9-24-18(27)17-22-7-4-8-23-17/h4,7-8,14-16,19H,5-6,9-12H2,1-3H3,(H,24,27)(H,25,26)/t14-,15-,16-,19+,21-/m1/s1. The van der Waals surface area contributed by atoms with Crippen LogP contribution in [0.25, 0.3) is 0 Å². The largest absolute Gasteiger partial charge is 0.378 e. The van der Waals surface area contributed by atoms with Crippen LogP contribution in [-0.4, -0.2) is 47.1 Å². The molecule has 3 fully saturated rings. The van der Waals surface area contributed by atoms with Gasteiger partial charge in [-0.05, 0) is 54.4 Å². The Morgan fingerprint density at radius 1 is 1.29 bits per heavy atom. The summed E-state index contributed by atoms with van der Waals surface area (Å²) in [6, 6.07) is 1.88. The van der Waals surface area contributed by atoms with E-state index >= 15 is 0 Å². The highest BCUT2D eigenvalue weighted by atomic mass is 16.5. The minimum Gasteiger partial charge on any atom is -0.378 e. The molecule has 152 valence electrons. The van der Waals surface area contributed by atoms with Gasteiger partial charge in [0, 0.05) is 38.5 Å². The summed E-state index contributed by atoms with van der Waals surface area (Å²) in [6.07, 6.45) is 7.32. The molecule has 5 atom stereocenters. The van der Waals surface area contributed by atoms with E-state index in [1.165, 1.54) is 6.42 Å². The van der Waals surface area contributed by atoms with Crippen molar-refractivity contribution in [2.75, 3.05) is 13.2 Å². The number of nitrogens with one attached hydrogen (secondary N) is 2. The van der Waals surface area contributed by atoms with Crippen LogP contribution in [0.5, 0.6) is 0 Å². The first-order valence-electron chi connectivity index (χ1n) is 10.3. The maximum Gasteiger partial charge on any atom is 0.289 e. The first kappa shape index (κ1) is 19.3. The van der Waals surface area contributed by atoms with Gasteiger partial charge < -0.3 is 15.4 Å². The average molecular weight is 386 g/mol. The molecule has 7 nitrogen and oxygen atoms in total. The molecule has 2 heterocycles. The van der Waals surface area contributed by atoms with Crippen molar-refractivity contribution in [1.82, 2.24) is 20.6 Å². The van der Waals surface area contributed by atoms with E-state index in [1.54, 1.807) is 25.4 Å². The normalized spacial score (nSPS) is 35.2. The molecule has 7 heteroatoms. The van der Waals surface area contributed by atoms with Gasteiger partial charge >= 0.3 is 0 Å². The van der Waals surface area contributed by atoms with Gasteiger partial charge in [-0.25, -0.2) is 9.97 Å². The molecule has 2 saturated carbocycles. The predicted molar refractivity (Wildman–Crippen MR) is 103 cm³/mol. The fourth-order valence-electron chi connectivity index (χ4n) is 6.22. The molecule has 2 aliphatic carbocycles. The fourth-order valence-corrected chi connectivity index (χ4v) is 6.22. The Morgan fingerprint density at radius 3 is 2.75 bits per heavy atom. The molecular weight excluding hydrogens is 356 g/mol. The predicted octanol–water partition coefficient (Wildman–Crippen LogP) is 1.94. The Kier molecular flexibility index (Phi) is 4.89. The number of hydrogen-bond donors (Lipinski definition) is 2. The summed E-state index contributed by atoms with van der Waals surface area (Å²) in [5.74, 6) is 1.02. The van der Waals surface area contributed by atoms with Gasteiger partial charge in [-0.1, -0.05) is 13.8 Å². The van der Waals surface area contributed by atoms with Crippen LogP contribution in [0, 0.1) is 22.7 Å². The van der Waals surface area contributed by atoms with Gasteiger partial charge in [0.05, 0.1) is 6.10 Å². The van der Waals surface area contributed by atoms with E-state index in [1.807, 2.05) is 0 Å². The Labute approximate surface area is 166 Å². The van der Waals surface area contributed by atoms with Crippen LogP contribution >= 0.6 is 0 Å². The second kappa shape index (κ2) is 7.10. The Morgan fingerprint density at radius 2 is 2.04 bits per heavy atom. The van der Waals surface area contributed by atoms with Crippen molar-refractivity contribution in [3.05, 3.63) is 24.3 Å². The SMILES string of the molecule is CC(=O)N[C@H]1C(C)(C)[C@@H]2C[C@@H]3[C@@H](CCNC(=O)c4ncccn4)OCC[C@@]31C2. The third kappa shape index (κ3) is 3.09. The van der Waals surface area contributed by atoms with E-state index in [9.17, 15) is 9.59 Å². The molecule has 2 N–H and O–H groups in total. The maximum atomic E-state index is 12.2. The first-order chi connectivity index (χ1) is 13.3. The van der Waals surface area contributed by atoms with E-state index in [2.05, 4.69) is 34.4 Å². The second-order valence-corrected chi connectivity index (χ2v) is 9.21. The van der Waals surface area contributed by atoms with Crippen LogP contribution in [0.1, 0.15) is 57.1 Å². The summed E-state index contributed by atoms with van der Waals surface area (Å²) in [5.41, 5.74) is 0.234. The minimum absolute atomic E-state index is 0.0527. The number of ether oxygens (including phenoxy) is 1. The summed E-state index contributed by atoms with van der Waals surface area (Å²) >= 11 is 0. The first-order valence-corrected chi connectivity index (χ1v) is 10.3. The Balaban J connectivity index is 1.42. The van der Waals surface area contributed by atoms with E-state index in [0.717, 1.165) is 25.9 Å². The van der Waals surface area contributed by atoms with E-state index < -0.39 is 0 Å². The number of carbonyl (C=O) groups is 2. The Hall–Kier alpha value is -2.02. The monoisotopic (exact) mass is 386 g/mol. The van der Waals surface area contributed by atoms with Gasteiger partial charge in [-0.2, -0.15) is 0 Å². The zero-order chi connectivity index (χ0) is 19.9. The van der Waals surface area contributed by atoms with Crippen LogP contribution in [0.4, 0.5) is 0 Å². The topological polar surface area (TPSA) is 93.2 Å². The molecule has 0 aromatic carbocycles. The van der Waals surface area contributed by atoms with Crippen molar-refractivity contribution < 1.29 is 14.3 Å². The zero-order valence-corrected chi connectivity index (χ0v) is 16.9. The van der Waals surface area contributed by atoms with Crippen LogP contribution in [0.3, 0.4) is 0 Å². The van der Waals surface area contributed by atoms with Crippen molar-refractivity contribution in [3.8, 4) is 0 Å². The highest BCUT2D eigenvalue weighted by Gasteiger charge is 2.68. The molecule has 2 bridgehead atoms. The summed E-state index contributed by atoms with van der Waals surface area (Å²) in [4.78, 5) is 32.0. The lowest BCUT2D eigenvalue weighted by Crippen LogP contribution is -2.60. The van der Waals surface area contributed by atoms with Crippen molar-refractivity contribution >= 4 is 11.8 Å². The van der Waals surface area contributed by atoms with Gasteiger partial charge in [0.1, 0.15) is 0 Å². The molecule has 1 aromatic heterocycles. The van der Waals surface area contributed by atoms with Crippen LogP contribution in [0.15, 0.2) is 18.5 Å². The molecule has 4 rings (SSSR count). The molecule has 1 aliphatic heterocycles. The summed E-state index contributed by atoms with van der Waals surface area (Å²) in [5, 5.41) is 6.20. The molecule has 1 spiro atoms. The quantitative estimate of drug-likeness (QED) is 0.807. The molecule has 2 amide bonds. The third-order valence-electron chi connectivity index (χ3n) is 7.45. The lowest BCUT2D eigenvalue weighted by molar-refractivity contribution is -0.135. The van der Waals surface area contributed by atoms with Gasteiger partial charge in [0.25, 0.3) is 5.91 Å². The molecule has 28 heavy (non-hydrogen) atoms. The molecule has 1 saturated heterocycles. The van der Waals surface area contributed by atoms with Crippen LogP contribution in [-0.2, 0) is 9.53 Å². The fraction of sp³-hybridized carbons (Fsp3) is 0.714. The van der Waals surface area contributed by atoms with Crippen molar-refractivity contribution in [3.63, 3.8) is 0 Å². The second-order valence-electron chi connectivity index (χ2n) is 9.21. The molecule has 0 radical (unpaired) electrons. The highest BCUT2D eigenvalue weighted by Crippen LogP contribution is 2.68. The van der Waals surface area contributed by atoms with Crippen molar-refractivity contribution in [2.45, 2.75) is 58.6 Å². The van der Waals surface area contributed by atoms with Gasteiger partial charge in [0.15, 0.2) is 0 Å². The minimum atomic E-state index is -0.253. The number of rotatable bonds is 5. The van der Waals surface area contributed by atoms with Gasteiger partial charge in [-0.3, -0.25) is 9.59 Å².